The van der Waals surface area contributed by atoms with Crippen LogP contribution >= 0.6 is 0 Å². The van der Waals surface area contributed by atoms with Crippen molar-refractivity contribution in [1.29, 1.82) is 0 Å². The maximum Gasteiger partial charge on any atom is 0.407 e. The maximum atomic E-state index is 12.6. The topological polar surface area (TPSA) is 123 Å². The molecule has 1 aliphatic rings. The first-order valence-electron chi connectivity index (χ1n) is 11.3. The number of carboxylic acid groups (broad SMARTS) is 1. The van der Waals surface area contributed by atoms with Gasteiger partial charge in [0.05, 0.1) is 18.7 Å². The number of aliphatic carboxylic acids is 1. The fraction of sp³-hybridized carbons (Fsp3) is 0.308. The van der Waals surface area contributed by atoms with Crippen molar-refractivity contribution in [3.05, 3.63) is 77.1 Å². The van der Waals surface area contributed by atoms with Crippen LogP contribution in [0.2, 0.25) is 0 Å². The highest BCUT2D eigenvalue weighted by Gasteiger charge is 2.29. The molecule has 0 atom stereocenters. The van der Waals surface area contributed by atoms with Gasteiger partial charge in [-0.25, -0.2) is 4.79 Å². The van der Waals surface area contributed by atoms with E-state index in [1.54, 1.807) is 27.0 Å². The molecule has 1 aliphatic carbocycles. The summed E-state index contributed by atoms with van der Waals surface area (Å²) in [6, 6.07) is 17.8. The van der Waals surface area contributed by atoms with Crippen molar-refractivity contribution in [3.8, 4) is 11.1 Å². The molecule has 0 unspecified atom stereocenters. The van der Waals surface area contributed by atoms with E-state index in [-0.39, 0.29) is 31.2 Å². The number of hydrogen-bond acceptors (Lipinski definition) is 5. The Morgan fingerprint density at radius 1 is 1.06 bits per heavy atom. The smallest absolute Gasteiger partial charge is 0.407 e. The zero-order valence-corrected chi connectivity index (χ0v) is 19.9. The van der Waals surface area contributed by atoms with Gasteiger partial charge in [-0.3, -0.25) is 14.3 Å². The predicted octanol–water partition coefficient (Wildman–Crippen LogP) is 3.44. The highest BCUT2D eigenvalue weighted by molar-refractivity contribution is 5.93. The third-order valence-electron chi connectivity index (χ3n) is 5.97. The second-order valence-electron chi connectivity index (χ2n) is 9.23. The molecule has 0 fully saturated rings. The van der Waals surface area contributed by atoms with Crippen molar-refractivity contribution in [3.63, 3.8) is 0 Å². The standard InChI is InChI=1S/C26H28N4O5/c1-26(2,13-23(31)32)28-24(33)22-12-16(29-30(22)3)14-27-25(34)35-15-21-19-10-6-4-8-17(19)18-9-5-7-11-20(18)21/h4-12,21H,13-15H2,1-3H3,(H,27,34)(H,28,33)(H,31,32). The molecule has 0 saturated carbocycles. The first-order chi connectivity index (χ1) is 16.6. The number of aromatic nitrogens is 2. The Morgan fingerprint density at radius 3 is 2.26 bits per heavy atom. The summed E-state index contributed by atoms with van der Waals surface area (Å²) >= 11 is 0. The minimum absolute atomic E-state index is 0.0348. The van der Waals surface area contributed by atoms with Crippen molar-refractivity contribution >= 4 is 18.0 Å². The van der Waals surface area contributed by atoms with Crippen molar-refractivity contribution in [1.82, 2.24) is 20.4 Å². The lowest BCUT2D eigenvalue weighted by atomic mass is 9.98. The number of amides is 2. The molecular formula is C26H28N4O5. The fourth-order valence-corrected chi connectivity index (χ4v) is 4.43. The Hall–Kier alpha value is -4.14. The Balaban J connectivity index is 1.34. The second kappa shape index (κ2) is 9.61. The zero-order chi connectivity index (χ0) is 25.2. The largest absolute Gasteiger partial charge is 0.481 e. The number of benzene rings is 2. The lowest BCUT2D eigenvalue weighted by molar-refractivity contribution is -0.138. The monoisotopic (exact) mass is 476 g/mol. The average molecular weight is 477 g/mol. The quantitative estimate of drug-likeness (QED) is 0.458. The second-order valence-corrected chi connectivity index (χ2v) is 9.23. The van der Waals surface area contributed by atoms with Gasteiger partial charge in [-0.2, -0.15) is 5.10 Å². The van der Waals surface area contributed by atoms with E-state index in [1.165, 1.54) is 4.68 Å². The van der Waals surface area contributed by atoms with Gasteiger partial charge < -0.3 is 20.5 Å². The van der Waals surface area contributed by atoms with Crippen molar-refractivity contribution in [2.45, 2.75) is 38.3 Å². The van der Waals surface area contributed by atoms with Crippen LogP contribution in [0.3, 0.4) is 0 Å². The van der Waals surface area contributed by atoms with Crippen LogP contribution in [0.5, 0.6) is 0 Å². The van der Waals surface area contributed by atoms with Crippen molar-refractivity contribution < 1.29 is 24.2 Å². The van der Waals surface area contributed by atoms with Crippen LogP contribution in [0.1, 0.15) is 53.5 Å². The summed E-state index contributed by atoms with van der Waals surface area (Å²) in [5, 5.41) is 18.6. The molecule has 4 rings (SSSR count). The molecule has 9 nitrogen and oxygen atoms in total. The first kappa shape index (κ1) is 24.0. The number of rotatable bonds is 8. The molecule has 35 heavy (non-hydrogen) atoms. The molecule has 1 aromatic heterocycles. The minimum Gasteiger partial charge on any atom is -0.481 e. The van der Waals surface area contributed by atoms with Crippen LogP contribution in [0.15, 0.2) is 54.6 Å². The van der Waals surface area contributed by atoms with E-state index in [4.69, 9.17) is 9.84 Å². The van der Waals surface area contributed by atoms with Gasteiger partial charge in [-0.1, -0.05) is 48.5 Å². The van der Waals surface area contributed by atoms with E-state index in [0.29, 0.717) is 5.69 Å². The van der Waals surface area contributed by atoms with E-state index in [0.717, 1.165) is 22.3 Å². The number of carbonyl (C=O) groups excluding carboxylic acids is 2. The lowest BCUT2D eigenvalue weighted by Gasteiger charge is -2.24. The van der Waals surface area contributed by atoms with E-state index >= 15 is 0 Å². The van der Waals surface area contributed by atoms with Gasteiger partial charge in [0.2, 0.25) is 0 Å². The third kappa shape index (κ3) is 5.34. The summed E-state index contributed by atoms with van der Waals surface area (Å²) in [6.07, 6.45) is -0.793. The molecule has 1 heterocycles. The van der Waals surface area contributed by atoms with Crippen molar-refractivity contribution in [2.75, 3.05) is 6.61 Å². The summed E-state index contributed by atoms with van der Waals surface area (Å²) in [5.74, 6) is -1.49. The number of nitrogens with zero attached hydrogens (tertiary/aromatic N) is 2. The molecule has 9 heteroatoms. The summed E-state index contributed by atoms with van der Waals surface area (Å²) in [4.78, 5) is 36.0. The number of alkyl carbamates (subject to hydrolysis) is 1. The highest BCUT2D eigenvalue weighted by Crippen LogP contribution is 2.44. The minimum atomic E-state index is -1.01. The summed E-state index contributed by atoms with van der Waals surface area (Å²) in [7, 11) is 1.61. The van der Waals surface area contributed by atoms with Crippen LogP contribution in [0.4, 0.5) is 4.79 Å². The fourth-order valence-electron chi connectivity index (χ4n) is 4.43. The SMILES string of the molecule is Cn1nc(CNC(=O)OCC2c3ccccc3-c3ccccc32)cc1C(=O)NC(C)(C)CC(=O)O. The molecule has 0 aliphatic heterocycles. The van der Waals surface area contributed by atoms with E-state index in [2.05, 4.69) is 40.0 Å². The van der Waals surface area contributed by atoms with Crippen LogP contribution < -0.4 is 10.6 Å². The zero-order valence-electron chi connectivity index (χ0n) is 19.9. The molecular weight excluding hydrogens is 448 g/mol. The average Bonchev–Trinajstić information content (AvgIpc) is 3.33. The van der Waals surface area contributed by atoms with E-state index < -0.39 is 23.5 Å². The van der Waals surface area contributed by atoms with Gasteiger partial charge in [-0.15, -0.1) is 0 Å². The molecule has 3 aromatic rings. The number of carboxylic acids is 1. The van der Waals surface area contributed by atoms with Gasteiger partial charge in [0.1, 0.15) is 12.3 Å². The third-order valence-corrected chi connectivity index (χ3v) is 5.97. The van der Waals surface area contributed by atoms with Gasteiger partial charge >= 0.3 is 12.1 Å². The number of nitrogens with one attached hydrogen (secondary N) is 2. The normalized spacial score (nSPS) is 12.5. The van der Waals surface area contributed by atoms with Crippen molar-refractivity contribution in [2.24, 2.45) is 7.05 Å². The number of ether oxygens (including phenoxy) is 1. The molecule has 3 N–H and O–H groups in total. The lowest BCUT2D eigenvalue weighted by Crippen LogP contribution is -2.45. The van der Waals surface area contributed by atoms with Crippen LogP contribution in [0.25, 0.3) is 11.1 Å². The number of aryl methyl sites for hydroxylation is 1. The van der Waals surface area contributed by atoms with Gasteiger partial charge in [0.25, 0.3) is 5.91 Å². The molecule has 0 saturated heterocycles. The highest BCUT2D eigenvalue weighted by atomic mass is 16.5. The summed E-state index contributed by atoms with van der Waals surface area (Å²) in [6.45, 7) is 3.55. The summed E-state index contributed by atoms with van der Waals surface area (Å²) in [5.41, 5.74) is 4.38. The molecule has 2 aromatic carbocycles. The Bertz CT molecular complexity index is 1230. The number of fused-ring (bicyclic) bond motifs is 3. The molecule has 0 radical (unpaired) electrons. The maximum absolute atomic E-state index is 12.6. The molecule has 0 bridgehead atoms. The Labute approximate surface area is 203 Å². The Morgan fingerprint density at radius 2 is 1.66 bits per heavy atom. The summed E-state index contributed by atoms with van der Waals surface area (Å²) < 4.78 is 6.92. The molecule has 2 amide bonds. The van der Waals surface area contributed by atoms with Crippen LogP contribution in [-0.2, 0) is 23.1 Å². The number of hydrogen-bond donors (Lipinski definition) is 3. The van der Waals surface area contributed by atoms with Crippen LogP contribution in [0, 0.1) is 0 Å². The van der Waals surface area contributed by atoms with Crippen LogP contribution in [-0.4, -0.2) is 45.0 Å². The van der Waals surface area contributed by atoms with Gasteiger partial charge in [-0.05, 0) is 42.2 Å². The Kier molecular flexibility index (Phi) is 6.59. The predicted molar refractivity (Wildman–Crippen MR) is 129 cm³/mol. The molecule has 0 spiro atoms. The van der Waals surface area contributed by atoms with E-state index in [9.17, 15) is 14.4 Å². The first-order valence-corrected chi connectivity index (χ1v) is 11.3. The van der Waals surface area contributed by atoms with Gasteiger partial charge in [0.15, 0.2) is 0 Å². The molecule has 182 valence electrons. The van der Waals surface area contributed by atoms with Gasteiger partial charge in [0, 0.05) is 18.5 Å². The number of carbonyl (C=O) groups is 3. The van der Waals surface area contributed by atoms with E-state index in [1.807, 2.05) is 24.3 Å².